The Morgan fingerprint density at radius 3 is 2.63 bits per heavy atom. The first kappa shape index (κ1) is 24.2. The Kier molecular flexibility index (Phi) is 8.30. The summed E-state index contributed by atoms with van der Waals surface area (Å²) >= 11 is 2.68. The van der Waals surface area contributed by atoms with Crippen molar-refractivity contribution in [3.63, 3.8) is 0 Å². The van der Waals surface area contributed by atoms with Crippen molar-refractivity contribution in [2.45, 2.75) is 12.9 Å². The van der Waals surface area contributed by atoms with Gasteiger partial charge in [-0.3, -0.25) is 4.90 Å². The maximum Gasteiger partial charge on any atom is 0.573 e. The van der Waals surface area contributed by atoms with Crippen LogP contribution >= 0.6 is 35.1 Å². The molecule has 2 amide bonds. The Morgan fingerprint density at radius 1 is 1.23 bits per heavy atom. The van der Waals surface area contributed by atoms with Crippen LogP contribution in [-0.4, -0.2) is 49.5 Å². The number of thiophene rings is 1. The smallest absolute Gasteiger partial charge is 0.406 e. The van der Waals surface area contributed by atoms with Gasteiger partial charge >= 0.3 is 12.4 Å². The average molecular weight is 481 g/mol. The number of hydrogen-bond donors (Lipinski definition) is 1. The van der Waals surface area contributed by atoms with Crippen molar-refractivity contribution in [2.24, 2.45) is 0 Å². The van der Waals surface area contributed by atoms with Gasteiger partial charge < -0.3 is 15.0 Å². The summed E-state index contributed by atoms with van der Waals surface area (Å²) in [5.41, 5.74) is 0.500. The number of nitrogens with one attached hydrogen (secondary N) is 1. The minimum atomic E-state index is -4.76. The van der Waals surface area contributed by atoms with Crippen molar-refractivity contribution in [2.75, 3.05) is 32.1 Å². The van der Waals surface area contributed by atoms with E-state index in [1.807, 2.05) is 36.5 Å². The molecule has 0 aliphatic heterocycles. The lowest BCUT2D eigenvalue weighted by molar-refractivity contribution is -0.274. The van der Waals surface area contributed by atoms with Crippen LogP contribution in [0, 0.1) is 0 Å². The van der Waals surface area contributed by atoms with Gasteiger partial charge in [0.1, 0.15) is 5.75 Å². The van der Waals surface area contributed by atoms with E-state index in [1.165, 1.54) is 23.1 Å². The van der Waals surface area contributed by atoms with Crippen molar-refractivity contribution in [3.8, 4) is 5.75 Å². The molecule has 6 nitrogen and oxygen atoms in total. The normalized spacial score (nSPS) is 11.4. The molecule has 0 radical (unpaired) electrons. The van der Waals surface area contributed by atoms with E-state index in [0.29, 0.717) is 35.0 Å². The molecule has 0 aliphatic carbocycles. The summed E-state index contributed by atoms with van der Waals surface area (Å²) in [6, 6.07) is 7.45. The molecule has 1 N–H and O–H groups in total. The Morgan fingerprint density at radius 2 is 2.00 bits per heavy atom. The number of anilines is 1. The molecule has 0 saturated carbocycles. The largest absolute Gasteiger partial charge is 0.573 e. The molecular weight excluding hydrogens is 461 g/mol. The molecule has 0 unspecified atom stereocenters. The van der Waals surface area contributed by atoms with Gasteiger partial charge in [-0.05, 0) is 37.7 Å². The Balaban J connectivity index is 0.00000320. The Bertz CT molecular complexity index is 964. The van der Waals surface area contributed by atoms with Crippen molar-refractivity contribution in [1.29, 1.82) is 0 Å². The zero-order valence-corrected chi connectivity index (χ0v) is 18.6. The van der Waals surface area contributed by atoms with Gasteiger partial charge in [-0.15, -0.1) is 36.9 Å². The number of aromatic nitrogens is 1. The summed E-state index contributed by atoms with van der Waals surface area (Å²) in [7, 11) is 3.78. The maximum absolute atomic E-state index is 12.8. The molecule has 12 heteroatoms. The predicted octanol–water partition coefficient (Wildman–Crippen LogP) is 4.96. The molecule has 0 aliphatic rings. The van der Waals surface area contributed by atoms with Crippen molar-refractivity contribution in [3.05, 3.63) is 40.6 Å². The van der Waals surface area contributed by atoms with Gasteiger partial charge in [0.15, 0.2) is 5.13 Å². The van der Waals surface area contributed by atoms with Gasteiger partial charge in [0.2, 0.25) is 0 Å². The number of alkyl halides is 3. The summed E-state index contributed by atoms with van der Waals surface area (Å²) in [6.45, 7) is 1.38. The van der Waals surface area contributed by atoms with Crippen LogP contribution in [0.2, 0.25) is 0 Å². The third kappa shape index (κ3) is 6.73. The number of thiazole rings is 1. The third-order valence-corrected chi connectivity index (χ3v) is 5.74. The SMILES string of the molecule is CN(C)CCN(C(=O)NCc1cccs1)c1nc2ccc(OC(F)(F)F)cc2s1.Cl. The van der Waals surface area contributed by atoms with E-state index in [4.69, 9.17) is 0 Å². The monoisotopic (exact) mass is 480 g/mol. The number of halogens is 4. The maximum atomic E-state index is 12.8. The van der Waals surface area contributed by atoms with E-state index in [1.54, 1.807) is 11.3 Å². The van der Waals surface area contributed by atoms with E-state index in [-0.39, 0.29) is 24.2 Å². The molecule has 30 heavy (non-hydrogen) atoms. The van der Waals surface area contributed by atoms with Crippen molar-refractivity contribution in [1.82, 2.24) is 15.2 Å². The van der Waals surface area contributed by atoms with E-state index in [2.05, 4.69) is 15.0 Å². The van der Waals surface area contributed by atoms with Gasteiger partial charge in [0, 0.05) is 24.0 Å². The summed E-state index contributed by atoms with van der Waals surface area (Å²) < 4.78 is 41.8. The number of likely N-dealkylation sites (N-methyl/N-ethyl adjacent to an activating group) is 1. The molecule has 0 fully saturated rings. The molecular formula is C18H20ClF3N4O2S2. The fourth-order valence-corrected chi connectivity index (χ4v) is 4.12. The lowest BCUT2D eigenvalue weighted by atomic mass is 10.3. The second-order valence-electron chi connectivity index (χ2n) is 6.37. The number of nitrogens with zero attached hydrogens (tertiary/aromatic N) is 3. The molecule has 2 heterocycles. The summed E-state index contributed by atoms with van der Waals surface area (Å²) in [4.78, 5) is 21.7. The molecule has 0 atom stereocenters. The number of amides is 2. The van der Waals surface area contributed by atoms with Crippen LogP contribution in [0.3, 0.4) is 0 Å². The van der Waals surface area contributed by atoms with Crippen LogP contribution in [0.15, 0.2) is 35.7 Å². The van der Waals surface area contributed by atoms with E-state index in [9.17, 15) is 18.0 Å². The van der Waals surface area contributed by atoms with Crippen LogP contribution in [0.5, 0.6) is 5.75 Å². The van der Waals surface area contributed by atoms with Crippen LogP contribution in [-0.2, 0) is 6.54 Å². The second kappa shape index (κ2) is 10.3. The van der Waals surface area contributed by atoms with Gasteiger partial charge in [-0.1, -0.05) is 17.4 Å². The standard InChI is InChI=1S/C18H19F3N4O2S2.ClH/c1-24(2)7-8-25(16(26)22-11-13-4-3-9-28-13)17-23-14-6-5-12(10-15(14)29-17)27-18(19,20)21;/h3-6,9-10H,7-8,11H2,1-2H3,(H,22,26);1H. The average Bonchev–Trinajstić information content (AvgIpc) is 3.27. The van der Waals surface area contributed by atoms with Crippen molar-refractivity contribution < 1.29 is 22.7 Å². The van der Waals surface area contributed by atoms with Gasteiger partial charge in [0.05, 0.1) is 16.8 Å². The highest BCUT2D eigenvalue weighted by molar-refractivity contribution is 7.22. The number of fused-ring (bicyclic) bond motifs is 1. The third-order valence-electron chi connectivity index (χ3n) is 3.82. The molecule has 0 saturated heterocycles. The van der Waals surface area contributed by atoms with Crippen molar-refractivity contribution >= 4 is 56.5 Å². The highest BCUT2D eigenvalue weighted by Gasteiger charge is 2.31. The number of rotatable bonds is 7. The quantitative estimate of drug-likeness (QED) is 0.519. The first-order valence-corrected chi connectivity index (χ1v) is 10.3. The van der Waals surface area contributed by atoms with Gasteiger partial charge in [0.25, 0.3) is 0 Å². The van der Waals surface area contributed by atoms with Crippen LogP contribution < -0.4 is 15.0 Å². The van der Waals surface area contributed by atoms with E-state index in [0.717, 1.165) is 16.2 Å². The van der Waals surface area contributed by atoms with Gasteiger partial charge in [-0.25, -0.2) is 9.78 Å². The molecule has 0 spiro atoms. The van der Waals surface area contributed by atoms with Crippen LogP contribution in [0.4, 0.5) is 23.1 Å². The number of carbonyl (C=O) groups excluding carboxylic acids is 1. The van der Waals surface area contributed by atoms with E-state index < -0.39 is 6.36 Å². The first-order valence-electron chi connectivity index (χ1n) is 8.60. The van der Waals surface area contributed by atoms with E-state index >= 15 is 0 Å². The molecule has 2 aromatic heterocycles. The van der Waals surface area contributed by atoms with Crippen LogP contribution in [0.1, 0.15) is 4.88 Å². The summed E-state index contributed by atoms with van der Waals surface area (Å²) in [5.74, 6) is -0.317. The minimum Gasteiger partial charge on any atom is -0.406 e. The number of carbonyl (C=O) groups is 1. The molecule has 0 bridgehead atoms. The summed E-state index contributed by atoms with van der Waals surface area (Å²) in [6.07, 6.45) is -4.76. The number of hydrogen-bond acceptors (Lipinski definition) is 6. The molecule has 3 rings (SSSR count). The summed E-state index contributed by atoms with van der Waals surface area (Å²) in [5, 5.41) is 5.21. The Labute approximate surface area is 185 Å². The highest BCUT2D eigenvalue weighted by Crippen LogP contribution is 2.33. The fraction of sp³-hybridized carbons (Fsp3) is 0.333. The fourth-order valence-electron chi connectivity index (χ4n) is 2.46. The number of urea groups is 1. The zero-order valence-electron chi connectivity index (χ0n) is 16.1. The predicted molar refractivity (Wildman–Crippen MR) is 116 cm³/mol. The highest BCUT2D eigenvalue weighted by atomic mass is 35.5. The first-order chi connectivity index (χ1) is 13.7. The lowest BCUT2D eigenvalue weighted by Crippen LogP contribution is -2.43. The lowest BCUT2D eigenvalue weighted by Gasteiger charge is -2.22. The number of ether oxygens (including phenoxy) is 1. The minimum absolute atomic E-state index is 0. The topological polar surface area (TPSA) is 57.7 Å². The molecule has 1 aromatic carbocycles. The molecule has 164 valence electrons. The Hall–Kier alpha value is -2.08. The number of benzene rings is 1. The molecule has 3 aromatic rings. The zero-order chi connectivity index (χ0) is 21.0. The van der Waals surface area contributed by atoms with Crippen LogP contribution in [0.25, 0.3) is 10.2 Å². The second-order valence-corrected chi connectivity index (χ2v) is 8.41. The van der Waals surface area contributed by atoms with Gasteiger partial charge in [-0.2, -0.15) is 0 Å².